The van der Waals surface area contributed by atoms with Gasteiger partial charge in [-0.2, -0.15) is 0 Å². The van der Waals surface area contributed by atoms with E-state index in [0.29, 0.717) is 5.69 Å². The molecule has 0 aromatic heterocycles. The summed E-state index contributed by atoms with van der Waals surface area (Å²) in [6, 6.07) is 5.01. The molecule has 5 nitrogen and oxygen atoms in total. The minimum absolute atomic E-state index is 0.0486. The van der Waals surface area contributed by atoms with Gasteiger partial charge in [0.15, 0.2) is 0 Å². The summed E-state index contributed by atoms with van der Waals surface area (Å²) in [6.45, 7) is 0.0486. The molecule has 1 aromatic rings. The largest absolute Gasteiger partial charge is 0.386 e. The molecule has 0 saturated carbocycles. The Hall–Kier alpha value is -2.11. The number of nitrogens with two attached hydrogens (primary N) is 1. The number of urea groups is 1. The maximum Gasteiger partial charge on any atom is 0.321 e. The summed E-state index contributed by atoms with van der Waals surface area (Å²) in [5.41, 5.74) is 5.64. The Morgan fingerprint density at radius 1 is 1.50 bits per heavy atom. The molecule has 0 fully saturated rings. The minimum Gasteiger partial charge on any atom is -0.386 e. The molecule has 0 aliphatic heterocycles. The quantitative estimate of drug-likeness (QED) is 0.533. The van der Waals surface area contributed by atoms with Crippen molar-refractivity contribution in [3.63, 3.8) is 0 Å². The number of anilines is 1. The van der Waals surface area contributed by atoms with Crippen molar-refractivity contribution in [2.24, 2.45) is 5.73 Å². The predicted molar refractivity (Wildman–Crippen MR) is 60.0 cm³/mol. The number of nitrogens with one attached hydrogen (secondary N) is 2. The maximum absolute atomic E-state index is 12.6. The molecule has 0 spiro atoms. The van der Waals surface area contributed by atoms with E-state index in [0.717, 1.165) is 0 Å². The van der Waals surface area contributed by atoms with Crippen LogP contribution in [-0.4, -0.2) is 30.4 Å². The van der Waals surface area contributed by atoms with Gasteiger partial charge in [-0.1, -0.05) is 0 Å². The standard InChI is InChI=1S/C10H13FN4O/c1-15(6-9(12)13)10(16)14-8-4-2-7(11)3-5-8/h2-5H,6H2,1H3,(H3,12,13)(H,14,16). The molecule has 6 heteroatoms. The van der Waals surface area contributed by atoms with Crippen LogP contribution in [0.15, 0.2) is 24.3 Å². The Labute approximate surface area is 92.6 Å². The number of nitrogens with zero attached hydrogens (tertiary/aromatic N) is 1. The number of likely N-dealkylation sites (N-methyl/N-ethyl adjacent to an activating group) is 1. The maximum atomic E-state index is 12.6. The van der Waals surface area contributed by atoms with Gasteiger partial charge in [0, 0.05) is 12.7 Å². The Morgan fingerprint density at radius 2 is 2.06 bits per heavy atom. The first kappa shape index (κ1) is 12.0. The smallest absolute Gasteiger partial charge is 0.321 e. The van der Waals surface area contributed by atoms with Crippen LogP contribution < -0.4 is 11.1 Å². The Balaban J connectivity index is 2.57. The van der Waals surface area contributed by atoms with Gasteiger partial charge >= 0.3 is 6.03 Å². The fraction of sp³-hybridized carbons (Fsp3) is 0.200. The molecule has 0 heterocycles. The highest BCUT2D eigenvalue weighted by atomic mass is 19.1. The van der Waals surface area contributed by atoms with E-state index in [1.54, 1.807) is 0 Å². The highest BCUT2D eigenvalue weighted by Gasteiger charge is 2.09. The zero-order chi connectivity index (χ0) is 12.1. The fourth-order valence-electron chi connectivity index (χ4n) is 1.08. The number of hydrogen-bond donors (Lipinski definition) is 3. The van der Waals surface area contributed by atoms with Crippen molar-refractivity contribution in [2.45, 2.75) is 0 Å². The third-order valence-corrected chi connectivity index (χ3v) is 1.85. The number of amidine groups is 1. The van der Waals surface area contributed by atoms with Crippen molar-refractivity contribution >= 4 is 17.6 Å². The van der Waals surface area contributed by atoms with Gasteiger partial charge < -0.3 is 16.0 Å². The molecule has 0 unspecified atom stereocenters. The summed E-state index contributed by atoms with van der Waals surface area (Å²) in [5, 5.41) is 9.57. The normalized spacial score (nSPS) is 9.62. The average molecular weight is 224 g/mol. The molecular weight excluding hydrogens is 211 g/mol. The summed E-state index contributed by atoms with van der Waals surface area (Å²) in [7, 11) is 1.51. The molecule has 0 atom stereocenters. The molecule has 1 aromatic carbocycles. The second kappa shape index (κ2) is 5.11. The molecule has 2 amide bonds. The van der Waals surface area contributed by atoms with E-state index in [9.17, 15) is 9.18 Å². The predicted octanol–water partition coefficient (Wildman–Crippen LogP) is 1.23. The van der Waals surface area contributed by atoms with Crippen LogP contribution in [0.1, 0.15) is 0 Å². The van der Waals surface area contributed by atoms with Gasteiger partial charge in [-0.15, -0.1) is 0 Å². The van der Waals surface area contributed by atoms with Crippen molar-refractivity contribution in [2.75, 3.05) is 18.9 Å². The Morgan fingerprint density at radius 3 is 2.56 bits per heavy atom. The molecule has 1 rings (SSSR count). The molecule has 0 radical (unpaired) electrons. The van der Waals surface area contributed by atoms with E-state index in [2.05, 4.69) is 5.32 Å². The number of halogens is 1. The van der Waals surface area contributed by atoms with E-state index in [1.807, 2.05) is 0 Å². The van der Waals surface area contributed by atoms with Crippen LogP contribution in [0.2, 0.25) is 0 Å². The van der Waals surface area contributed by atoms with E-state index in [1.165, 1.54) is 36.2 Å². The van der Waals surface area contributed by atoms with Crippen molar-refractivity contribution in [3.05, 3.63) is 30.1 Å². The summed E-state index contributed by atoms with van der Waals surface area (Å²) in [6.07, 6.45) is 0. The lowest BCUT2D eigenvalue weighted by Gasteiger charge is -2.16. The van der Waals surface area contributed by atoms with Crippen LogP contribution in [0.25, 0.3) is 0 Å². The number of hydrogen-bond acceptors (Lipinski definition) is 2. The SMILES string of the molecule is CN(CC(=N)N)C(=O)Nc1ccc(F)cc1. The number of amides is 2. The van der Waals surface area contributed by atoms with Crippen LogP contribution >= 0.6 is 0 Å². The molecule has 86 valence electrons. The second-order valence-corrected chi connectivity index (χ2v) is 3.32. The third-order valence-electron chi connectivity index (χ3n) is 1.85. The zero-order valence-corrected chi connectivity index (χ0v) is 8.83. The van der Waals surface area contributed by atoms with Gasteiger partial charge in [0.2, 0.25) is 0 Å². The average Bonchev–Trinajstić information content (AvgIpc) is 2.20. The zero-order valence-electron chi connectivity index (χ0n) is 8.83. The number of carbonyl (C=O) groups excluding carboxylic acids is 1. The monoisotopic (exact) mass is 224 g/mol. The van der Waals surface area contributed by atoms with Gasteiger partial charge in [-0.3, -0.25) is 5.41 Å². The molecule has 0 aliphatic carbocycles. The van der Waals surface area contributed by atoms with Gasteiger partial charge in [0.05, 0.1) is 6.54 Å². The summed E-state index contributed by atoms with van der Waals surface area (Å²) in [4.78, 5) is 12.8. The highest BCUT2D eigenvalue weighted by Crippen LogP contribution is 2.08. The molecule has 16 heavy (non-hydrogen) atoms. The number of carbonyl (C=O) groups is 1. The molecule has 4 N–H and O–H groups in total. The fourth-order valence-corrected chi connectivity index (χ4v) is 1.08. The van der Waals surface area contributed by atoms with Gasteiger partial charge in [-0.25, -0.2) is 9.18 Å². The van der Waals surface area contributed by atoms with Gasteiger partial charge in [-0.05, 0) is 24.3 Å². The van der Waals surface area contributed by atoms with E-state index in [-0.39, 0.29) is 18.2 Å². The summed E-state index contributed by atoms with van der Waals surface area (Å²) < 4.78 is 12.6. The van der Waals surface area contributed by atoms with E-state index in [4.69, 9.17) is 11.1 Å². The Kier molecular flexibility index (Phi) is 3.82. The number of rotatable bonds is 3. The lowest BCUT2D eigenvalue weighted by atomic mass is 10.3. The molecular formula is C10H13FN4O. The first-order valence-corrected chi connectivity index (χ1v) is 4.59. The molecule has 0 saturated heterocycles. The van der Waals surface area contributed by atoms with E-state index < -0.39 is 6.03 Å². The molecule has 0 bridgehead atoms. The first-order valence-electron chi connectivity index (χ1n) is 4.59. The van der Waals surface area contributed by atoms with Crippen molar-refractivity contribution in [1.29, 1.82) is 5.41 Å². The van der Waals surface area contributed by atoms with Crippen molar-refractivity contribution in [1.82, 2.24) is 4.90 Å². The van der Waals surface area contributed by atoms with Crippen molar-refractivity contribution in [3.8, 4) is 0 Å². The minimum atomic E-state index is -0.401. The lowest BCUT2D eigenvalue weighted by molar-refractivity contribution is 0.227. The van der Waals surface area contributed by atoms with Crippen LogP contribution in [0, 0.1) is 11.2 Å². The number of benzene rings is 1. The summed E-state index contributed by atoms with van der Waals surface area (Å²) in [5.74, 6) is -0.466. The van der Waals surface area contributed by atoms with Gasteiger partial charge in [0.1, 0.15) is 11.7 Å². The van der Waals surface area contributed by atoms with Crippen molar-refractivity contribution < 1.29 is 9.18 Å². The second-order valence-electron chi connectivity index (χ2n) is 3.32. The Bertz CT molecular complexity index is 390. The first-order chi connectivity index (χ1) is 7.49. The van der Waals surface area contributed by atoms with E-state index >= 15 is 0 Å². The molecule has 0 aliphatic rings. The van der Waals surface area contributed by atoms with Crippen LogP contribution in [0.4, 0.5) is 14.9 Å². The highest BCUT2D eigenvalue weighted by molar-refractivity contribution is 5.92. The lowest BCUT2D eigenvalue weighted by Crippen LogP contribution is -2.37. The summed E-state index contributed by atoms with van der Waals surface area (Å²) >= 11 is 0. The topological polar surface area (TPSA) is 82.2 Å². The van der Waals surface area contributed by atoms with Crippen LogP contribution in [0.5, 0.6) is 0 Å². The van der Waals surface area contributed by atoms with Crippen LogP contribution in [-0.2, 0) is 0 Å². The third kappa shape index (κ3) is 3.56. The van der Waals surface area contributed by atoms with Crippen LogP contribution in [0.3, 0.4) is 0 Å². The van der Waals surface area contributed by atoms with Gasteiger partial charge in [0.25, 0.3) is 0 Å².